The molecule has 1 heterocycles. The first kappa shape index (κ1) is 12.6. The van der Waals surface area contributed by atoms with E-state index in [9.17, 15) is 9.18 Å². The molecular formula is C15H19FN2O. The van der Waals surface area contributed by atoms with Crippen molar-refractivity contribution in [3.63, 3.8) is 0 Å². The Hall–Kier alpha value is -1.42. The summed E-state index contributed by atoms with van der Waals surface area (Å²) in [6.45, 7) is 1.47. The Balaban J connectivity index is 1.79. The highest BCUT2D eigenvalue weighted by Gasteiger charge is 2.53. The van der Waals surface area contributed by atoms with E-state index < -0.39 is 5.41 Å². The lowest BCUT2D eigenvalue weighted by molar-refractivity contribution is -0.135. The molecule has 0 radical (unpaired) electrons. The van der Waals surface area contributed by atoms with E-state index in [-0.39, 0.29) is 17.8 Å². The number of carbonyl (C=O) groups excluding carboxylic acids is 1. The molecule has 0 atom stereocenters. The SMILES string of the molecule is NC1CCN(C(=O)C2(c3cccc(F)c3)CC2)CC1. The molecule has 0 bridgehead atoms. The zero-order chi connectivity index (χ0) is 13.5. The minimum atomic E-state index is -0.455. The van der Waals surface area contributed by atoms with Gasteiger partial charge in [-0.15, -0.1) is 0 Å². The van der Waals surface area contributed by atoms with E-state index in [4.69, 9.17) is 5.73 Å². The zero-order valence-corrected chi connectivity index (χ0v) is 10.9. The van der Waals surface area contributed by atoms with Gasteiger partial charge in [0.15, 0.2) is 0 Å². The summed E-state index contributed by atoms with van der Waals surface area (Å²) in [6.07, 6.45) is 3.39. The molecule has 1 aromatic rings. The first-order valence-corrected chi connectivity index (χ1v) is 6.93. The molecule has 19 heavy (non-hydrogen) atoms. The summed E-state index contributed by atoms with van der Waals surface area (Å²) in [5.74, 6) is -0.109. The van der Waals surface area contributed by atoms with Gasteiger partial charge >= 0.3 is 0 Å². The quantitative estimate of drug-likeness (QED) is 0.883. The Morgan fingerprint density at radius 1 is 1.32 bits per heavy atom. The molecule has 1 saturated heterocycles. The second kappa shape index (κ2) is 4.60. The minimum absolute atomic E-state index is 0.157. The predicted octanol–water partition coefficient (Wildman–Crippen LogP) is 1.81. The van der Waals surface area contributed by atoms with Crippen LogP contribution in [0, 0.1) is 5.82 Å². The van der Waals surface area contributed by atoms with Gasteiger partial charge in [-0.25, -0.2) is 4.39 Å². The number of likely N-dealkylation sites (tertiary alicyclic amines) is 1. The van der Waals surface area contributed by atoms with Crippen LogP contribution in [0.2, 0.25) is 0 Å². The largest absolute Gasteiger partial charge is 0.342 e. The highest BCUT2D eigenvalue weighted by molar-refractivity contribution is 5.91. The van der Waals surface area contributed by atoms with Gasteiger partial charge in [0.05, 0.1) is 5.41 Å². The summed E-state index contributed by atoms with van der Waals surface area (Å²) < 4.78 is 13.3. The third kappa shape index (κ3) is 2.25. The Morgan fingerprint density at radius 3 is 2.58 bits per heavy atom. The maximum Gasteiger partial charge on any atom is 0.233 e. The van der Waals surface area contributed by atoms with Crippen molar-refractivity contribution in [2.75, 3.05) is 13.1 Å². The minimum Gasteiger partial charge on any atom is -0.342 e. The summed E-state index contributed by atoms with van der Waals surface area (Å²) in [5, 5.41) is 0. The molecule has 2 aliphatic rings. The van der Waals surface area contributed by atoms with Gasteiger partial charge in [-0.2, -0.15) is 0 Å². The monoisotopic (exact) mass is 262 g/mol. The van der Waals surface area contributed by atoms with E-state index in [1.165, 1.54) is 12.1 Å². The average Bonchev–Trinajstić information content (AvgIpc) is 3.20. The Bertz CT molecular complexity index is 491. The molecule has 0 unspecified atom stereocenters. The van der Waals surface area contributed by atoms with Gasteiger partial charge < -0.3 is 10.6 Å². The van der Waals surface area contributed by atoms with Crippen LogP contribution in [0.15, 0.2) is 24.3 Å². The van der Waals surface area contributed by atoms with Crippen molar-refractivity contribution >= 4 is 5.91 Å². The fourth-order valence-electron chi connectivity index (χ4n) is 2.94. The third-order valence-electron chi connectivity index (χ3n) is 4.36. The van der Waals surface area contributed by atoms with Gasteiger partial charge in [0.1, 0.15) is 5.82 Å². The fourth-order valence-corrected chi connectivity index (χ4v) is 2.94. The fraction of sp³-hybridized carbons (Fsp3) is 0.533. The highest BCUT2D eigenvalue weighted by Crippen LogP contribution is 2.49. The van der Waals surface area contributed by atoms with Crippen LogP contribution in [-0.4, -0.2) is 29.9 Å². The average molecular weight is 262 g/mol. The lowest BCUT2D eigenvalue weighted by Gasteiger charge is -2.33. The molecule has 3 rings (SSSR count). The number of hydrogen-bond donors (Lipinski definition) is 1. The summed E-state index contributed by atoms with van der Waals surface area (Å²) >= 11 is 0. The Labute approximate surface area is 112 Å². The van der Waals surface area contributed by atoms with Gasteiger partial charge in [-0.05, 0) is 43.4 Å². The first-order valence-electron chi connectivity index (χ1n) is 6.93. The van der Waals surface area contributed by atoms with E-state index in [0.29, 0.717) is 0 Å². The van der Waals surface area contributed by atoms with E-state index in [0.717, 1.165) is 44.3 Å². The molecule has 1 aliphatic heterocycles. The van der Waals surface area contributed by atoms with Crippen molar-refractivity contribution in [1.29, 1.82) is 0 Å². The molecule has 2 fully saturated rings. The van der Waals surface area contributed by atoms with Crippen LogP contribution < -0.4 is 5.73 Å². The normalized spacial score (nSPS) is 22.3. The number of amides is 1. The lowest BCUT2D eigenvalue weighted by Crippen LogP contribution is -2.46. The van der Waals surface area contributed by atoms with Crippen LogP contribution in [0.5, 0.6) is 0 Å². The first-order chi connectivity index (χ1) is 9.12. The molecule has 0 spiro atoms. The van der Waals surface area contributed by atoms with Gasteiger partial charge in [0.2, 0.25) is 5.91 Å². The Kier molecular flexibility index (Phi) is 3.05. The van der Waals surface area contributed by atoms with Crippen LogP contribution >= 0.6 is 0 Å². The maximum absolute atomic E-state index is 13.3. The highest BCUT2D eigenvalue weighted by atomic mass is 19.1. The van der Waals surface area contributed by atoms with Crippen molar-refractivity contribution in [3.8, 4) is 0 Å². The van der Waals surface area contributed by atoms with Crippen molar-refractivity contribution < 1.29 is 9.18 Å². The van der Waals surface area contributed by atoms with Crippen LogP contribution in [-0.2, 0) is 10.2 Å². The standard InChI is InChI=1S/C15H19FN2O/c16-12-3-1-2-11(10-12)15(6-7-15)14(19)18-8-4-13(17)5-9-18/h1-3,10,13H,4-9,17H2. The summed E-state index contributed by atoms with van der Waals surface area (Å²) in [7, 11) is 0. The second-order valence-corrected chi connectivity index (χ2v) is 5.72. The lowest BCUT2D eigenvalue weighted by atomic mass is 9.93. The van der Waals surface area contributed by atoms with Crippen molar-refractivity contribution in [2.45, 2.75) is 37.1 Å². The smallest absolute Gasteiger partial charge is 0.233 e. The summed E-state index contributed by atoms with van der Waals surface area (Å²) in [4.78, 5) is 14.6. The van der Waals surface area contributed by atoms with Gasteiger partial charge in [-0.1, -0.05) is 12.1 Å². The number of piperidine rings is 1. The number of halogens is 1. The molecular weight excluding hydrogens is 243 g/mol. The zero-order valence-electron chi connectivity index (χ0n) is 10.9. The summed E-state index contributed by atoms with van der Waals surface area (Å²) in [6, 6.07) is 6.69. The molecule has 102 valence electrons. The van der Waals surface area contributed by atoms with Crippen LogP contribution in [0.25, 0.3) is 0 Å². The molecule has 4 heteroatoms. The van der Waals surface area contributed by atoms with Crippen molar-refractivity contribution in [3.05, 3.63) is 35.6 Å². The molecule has 1 aliphatic carbocycles. The van der Waals surface area contributed by atoms with Crippen LogP contribution in [0.4, 0.5) is 4.39 Å². The van der Waals surface area contributed by atoms with E-state index in [1.807, 2.05) is 11.0 Å². The molecule has 0 aromatic heterocycles. The number of carbonyl (C=O) groups is 1. The molecule has 1 amide bonds. The predicted molar refractivity (Wildman–Crippen MR) is 71.1 cm³/mol. The number of rotatable bonds is 2. The van der Waals surface area contributed by atoms with Gasteiger partial charge in [0.25, 0.3) is 0 Å². The van der Waals surface area contributed by atoms with Crippen LogP contribution in [0.1, 0.15) is 31.2 Å². The summed E-state index contributed by atoms with van der Waals surface area (Å²) in [5.41, 5.74) is 6.24. The molecule has 2 N–H and O–H groups in total. The molecule has 1 aromatic carbocycles. The van der Waals surface area contributed by atoms with E-state index >= 15 is 0 Å². The third-order valence-corrected chi connectivity index (χ3v) is 4.36. The van der Waals surface area contributed by atoms with Gasteiger partial charge in [-0.3, -0.25) is 4.79 Å². The van der Waals surface area contributed by atoms with E-state index in [1.54, 1.807) is 6.07 Å². The Morgan fingerprint density at radius 2 is 2.00 bits per heavy atom. The van der Waals surface area contributed by atoms with Crippen molar-refractivity contribution in [1.82, 2.24) is 4.90 Å². The van der Waals surface area contributed by atoms with E-state index in [2.05, 4.69) is 0 Å². The second-order valence-electron chi connectivity index (χ2n) is 5.72. The maximum atomic E-state index is 13.3. The number of nitrogens with zero attached hydrogens (tertiary/aromatic N) is 1. The number of benzene rings is 1. The topological polar surface area (TPSA) is 46.3 Å². The number of hydrogen-bond acceptors (Lipinski definition) is 2. The van der Waals surface area contributed by atoms with Gasteiger partial charge in [0, 0.05) is 19.1 Å². The number of nitrogens with two attached hydrogens (primary N) is 1. The molecule has 1 saturated carbocycles. The van der Waals surface area contributed by atoms with Crippen molar-refractivity contribution in [2.24, 2.45) is 5.73 Å². The molecule has 3 nitrogen and oxygen atoms in total. The van der Waals surface area contributed by atoms with Crippen LogP contribution in [0.3, 0.4) is 0 Å².